The van der Waals surface area contributed by atoms with E-state index in [-0.39, 0.29) is 24.6 Å². The molecule has 0 aliphatic carbocycles. The maximum absolute atomic E-state index is 12.1. The molecule has 40 heavy (non-hydrogen) atoms. The normalized spacial score (nSPS) is 15.8. The Kier molecular flexibility index (Phi) is 14.9. The first-order valence-electron chi connectivity index (χ1n) is 13.3. The van der Waals surface area contributed by atoms with Crippen LogP contribution in [0.1, 0.15) is 59.4 Å². The first kappa shape index (κ1) is 34.5. The number of phenolic OH excluding ortho intramolecular Hbond substituents is 1. The molecule has 1 unspecified atom stereocenters. The van der Waals surface area contributed by atoms with Gasteiger partial charge in [-0.15, -0.1) is 0 Å². The number of carbonyl (C=O) groups is 5. The van der Waals surface area contributed by atoms with Gasteiger partial charge in [-0.2, -0.15) is 0 Å². The fourth-order valence-electron chi connectivity index (χ4n) is 3.66. The molecule has 1 aromatic rings. The molecule has 1 heterocycles. The molecule has 1 fully saturated rings. The lowest BCUT2D eigenvalue weighted by Gasteiger charge is -2.32. The van der Waals surface area contributed by atoms with Crippen molar-refractivity contribution >= 4 is 29.8 Å². The molecule has 1 aromatic carbocycles. The maximum atomic E-state index is 12.1. The van der Waals surface area contributed by atoms with E-state index in [4.69, 9.17) is 4.74 Å². The van der Waals surface area contributed by atoms with Crippen LogP contribution in [-0.4, -0.2) is 90.8 Å². The zero-order valence-electron chi connectivity index (χ0n) is 24.3. The Morgan fingerprint density at radius 3 is 2.35 bits per heavy atom. The quantitative estimate of drug-likeness (QED) is 0.154. The van der Waals surface area contributed by atoms with Gasteiger partial charge in [-0.25, -0.2) is 4.79 Å². The summed E-state index contributed by atoms with van der Waals surface area (Å²) in [7, 11) is 1.27. The minimum Gasteiger partial charge on any atom is -0.508 e. The summed E-state index contributed by atoms with van der Waals surface area (Å²) in [5.41, 5.74) is 0.303. The van der Waals surface area contributed by atoms with Crippen LogP contribution in [0.3, 0.4) is 0 Å². The number of esters is 4. The molecule has 1 aliphatic rings. The van der Waals surface area contributed by atoms with Crippen molar-refractivity contribution in [2.75, 3.05) is 33.3 Å². The van der Waals surface area contributed by atoms with Crippen LogP contribution in [0, 0.1) is 0 Å². The molecule has 12 nitrogen and oxygen atoms in total. The van der Waals surface area contributed by atoms with Crippen LogP contribution in [0.4, 0.5) is 0 Å². The number of methoxy groups -OCH3 is 1. The average Bonchev–Trinajstić information content (AvgIpc) is 2.86. The highest BCUT2D eigenvalue weighted by atomic mass is 16.6. The van der Waals surface area contributed by atoms with Crippen molar-refractivity contribution in [2.24, 2.45) is 0 Å². The lowest BCUT2D eigenvalue weighted by Crippen LogP contribution is -2.57. The molecule has 0 saturated carbocycles. The van der Waals surface area contributed by atoms with Crippen LogP contribution >= 0.6 is 0 Å². The average molecular weight is 566 g/mol. The van der Waals surface area contributed by atoms with Gasteiger partial charge in [-0.05, 0) is 57.9 Å². The highest BCUT2D eigenvalue weighted by molar-refractivity contribution is 5.89. The van der Waals surface area contributed by atoms with Crippen molar-refractivity contribution < 1.29 is 43.3 Å². The number of amides is 1. The highest BCUT2D eigenvalue weighted by Crippen LogP contribution is 2.12. The van der Waals surface area contributed by atoms with Crippen molar-refractivity contribution in [1.82, 2.24) is 15.5 Å². The van der Waals surface area contributed by atoms with E-state index >= 15 is 0 Å². The van der Waals surface area contributed by atoms with Crippen LogP contribution in [-0.2, 0) is 44.6 Å². The Morgan fingerprint density at radius 1 is 1.15 bits per heavy atom. The van der Waals surface area contributed by atoms with Gasteiger partial charge in [0.15, 0.2) is 0 Å². The minimum atomic E-state index is -0.640. The molecular weight excluding hydrogens is 522 g/mol. The van der Waals surface area contributed by atoms with Gasteiger partial charge in [0.05, 0.1) is 19.6 Å². The third-order valence-electron chi connectivity index (χ3n) is 5.55. The van der Waals surface area contributed by atoms with E-state index in [1.165, 1.54) is 18.9 Å². The second-order valence-electron chi connectivity index (χ2n) is 10.3. The van der Waals surface area contributed by atoms with Crippen molar-refractivity contribution in [3.8, 4) is 5.75 Å². The number of rotatable bonds is 11. The first-order valence-corrected chi connectivity index (χ1v) is 13.3. The van der Waals surface area contributed by atoms with Gasteiger partial charge >= 0.3 is 23.9 Å². The van der Waals surface area contributed by atoms with Crippen LogP contribution in [0.5, 0.6) is 5.75 Å². The van der Waals surface area contributed by atoms with Crippen LogP contribution < -0.4 is 10.6 Å². The molecular formula is C28H43N3O9. The van der Waals surface area contributed by atoms with E-state index in [1.54, 1.807) is 45.0 Å². The standard InChI is InChI=1S/C15H21NO4.C13H22N2O5/c1-3-4-9-16-14(15(19)20-11(2)17)10-12-5-7-13(18)8-6-12;1-13(2,3)20-11(17)8-15-6-5-14-9(12(15)18)7-10(16)19-4/h5-8,14,16,18H,3-4,9-10H2,1-2H3;9,14H,5-8H2,1-4H3/t14-;/m0./s1. The van der Waals surface area contributed by atoms with Gasteiger partial charge in [0.25, 0.3) is 0 Å². The van der Waals surface area contributed by atoms with Gasteiger partial charge < -0.3 is 34.9 Å². The van der Waals surface area contributed by atoms with Gasteiger partial charge in [-0.1, -0.05) is 25.5 Å². The fraction of sp³-hybridized carbons (Fsp3) is 0.607. The van der Waals surface area contributed by atoms with E-state index in [1.807, 2.05) is 0 Å². The van der Waals surface area contributed by atoms with Crippen LogP contribution in [0.25, 0.3) is 0 Å². The molecule has 0 spiro atoms. The van der Waals surface area contributed by atoms with Crippen molar-refractivity contribution in [1.29, 1.82) is 0 Å². The number of unbranched alkanes of at least 4 members (excludes halogenated alkanes) is 1. The number of nitrogens with zero attached hydrogens (tertiary/aromatic N) is 1. The molecule has 12 heteroatoms. The summed E-state index contributed by atoms with van der Waals surface area (Å²) in [5.74, 6) is -2.20. The lowest BCUT2D eigenvalue weighted by atomic mass is 10.1. The number of aromatic hydroxyl groups is 1. The van der Waals surface area contributed by atoms with E-state index in [0.717, 1.165) is 18.4 Å². The summed E-state index contributed by atoms with van der Waals surface area (Å²) < 4.78 is 14.4. The van der Waals surface area contributed by atoms with E-state index in [2.05, 4.69) is 27.0 Å². The van der Waals surface area contributed by atoms with E-state index in [9.17, 15) is 29.1 Å². The number of piperazine rings is 1. The van der Waals surface area contributed by atoms with Crippen LogP contribution in [0.2, 0.25) is 0 Å². The maximum Gasteiger partial charge on any atom is 0.331 e. The van der Waals surface area contributed by atoms with Gasteiger partial charge in [0, 0.05) is 20.0 Å². The molecule has 224 valence electrons. The molecule has 0 aromatic heterocycles. The van der Waals surface area contributed by atoms with Crippen molar-refractivity contribution in [3.63, 3.8) is 0 Å². The predicted octanol–water partition coefficient (Wildman–Crippen LogP) is 1.47. The number of benzene rings is 1. The highest BCUT2D eigenvalue weighted by Gasteiger charge is 2.32. The molecule has 1 aliphatic heterocycles. The summed E-state index contributed by atoms with van der Waals surface area (Å²) in [6.45, 7) is 10.1. The Balaban J connectivity index is 0.000000400. The first-order chi connectivity index (χ1) is 18.7. The smallest absolute Gasteiger partial charge is 0.331 e. The Bertz CT molecular complexity index is 990. The number of hydrogen-bond donors (Lipinski definition) is 3. The summed E-state index contributed by atoms with van der Waals surface area (Å²) in [5, 5.41) is 15.3. The third-order valence-corrected chi connectivity index (χ3v) is 5.55. The van der Waals surface area contributed by atoms with Gasteiger partial charge in [0.2, 0.25) is 5.91 Å². The SMILES string of the molecule is CCCCN[C@@H](Cc1ccc(O)cc1)C(=O)OC(C)=O.COC(=O)CC1NCCN(CC(=O)OC(C)(C)C)C1=O. The minimum absolute atomic E-state index is 0.0415. The molecule has 1 saturated heterocycles. The van der Waals surface area contributed by atoms with Crippen molar-refractivity contribution in [3.05, 3.63) is 29.8 Å². The molecule has 2 atom stereocenters. The van der Waals surface area contributed by atoms with Gasteiger partial charge in [0.1, 0.15) is 23.9 Å². The van der Waals surface area contributed by atoms with Crippen molar-refractivity contribution in [2.45, 2.75) is 78.0 Å². The van der Waals surface area contributed by atoms with Gasteiger partial charge in [-0.3, -0.25) is 19.2 Å². The fourth-order valence-corrected chi connectivity index (χ4v) is 3.66. The topological polar surface area (TPSA) is 161 Å². The van der Waals surface area contributed by atoms with E-state index < -0.39 is 41.6 Å². The Labute approximate surface area is 235 Å². The predicted molar refractivity (Wildman–Crippen MR) is 146 cm³/mol. The lowest BCUT2D eigenvalue weighted by molar-refractivity contribution is -0.161. The number of carbonyl (C=O) groups excluding carboxylic acids is 5. The molecule has 0 radical (unpaired) electrons. The molecule has 3 N–H and O–H groups in total. The summed E-state index contributed by atoms with van der Waals surface area (Å²) in [6.07, 6.45) is 2.33. The largest absolute Gasteiger partial charge is 0.508 e. The second-order valence-corrected chi connectivity index (χ2v) is 10.3. The van der Waals surface area contributed by atoms with E-state index in [0.29, 0.717) is 26.1 Å². The number of phenols is 1. The zero-order chi connectivity index (χ0) is 30.3. The Hall–Kier alpha value is -3.51. The number of ether oxygens (including phenoxy) is 3. The Morgan fingerprint density at radius 2 is 1.80 bits per heavy atom. The molecule has 1 amide bonds. The number of hydrogen-bond acceptors (Lipinski definition) is 11. The van der Waals surface area contributed by atoms with Crippen LogP contribution in [0.15, 0.2) is 24.3 Å². The molecule has 0 bridgehead atoms. The third kappa shape index (κ3) is 14.0. The monoisotopic (exact) mass is 565 g/mol. The summed E-state index contributed by atoms with van der Waals surface area (Å²) in [4.78, 5) is 59.2. The number of nitrogens with one attached hydrogen (secondary N) is 2. The summed E-state index contributed by atoms with van der Waals surface area (Å²) in [6, 6.07) is 5.41. The zero-order valence-corrected chi connectivity index (χ0v) is 24.3. The molecule has 2 rings (SSSR count). The second kappa shape index (κ2) is 17.2. The summed E-state index contributed by atoms with van der Waals surface area (Å²) >= 11 is 0.